The zero-order chi connectivity index (χ0) is 18.1. The van der Waals surface area contributed by atoms with E-state index in [1.165, 1.54) is 0 Å². The van der Waals surface area contributed by atoms with Gasteiger partial charge in [-0.05, 0) is 43.0 Å². The first kappa shape index (κ1) is 16.8. The number of hydrogen-bond donors (Lipinski definition) is 1. The largest absolute Gasteiger partial charge is 0.508 e. The maximum absolute atomic E-state index is 12.9. The molecular formula is C21H23NO4. The van der Waals surface area contributed by atoms with E-state index in [0.717, 1.165) is 47.6 Å². The standard InChI is InChI=1S/C21H23NO4/c1-14-7-8-15(12-18(14)23)13-20(24)22-9-3-5-17(22)16-4-2-6-19-21(16)26-11-10-25-19/h2,4,6-8,12,17,23H,3,5,9-11,13H2,1H3. The fraction of sp³-hybridized carbons (Fsp3) is 0.381. The van der Waals surface area contributed by atoms with E-state index in [9.17, 15) is 9.90 Å². The van der Waals surface area contributed by atoms with Gasteiger partial charge in [0.1, 0.15) is 19.0 Å². The minimum absolute atomic E-state index is 0.0122. The highest BCUT2D eigenvalue weighted by Gasteiger charge is 2.33. The summed E-state index contributed by atoms with van der Waals surface area (Å²) in [5, 5.41) is 9.89. The predicted molar refractivity (Wildman–Crippen MR) is 97.7 cm³/mol. The number of rotatable bonds is 3. The van der Waals surface area contributed by atoms with Gasteiger partial charge in [0, 0.05) is 12.1 Å². The number of carbonyl (C=O) groups is 1. The number of likely N-dealkylation sites (tertiary alicyclic amines) is 1. The third-order valence-corrected chi connectivity index (χ3v) is 5.16. The molecule has 2 aromatic rings. The van der Waals surface area contributed by atoms with Crippen molar-refractivity contribution in [3.05, 3.63) is 53.1 Å². The first-order valence-corrected chi connectivity index (χ1v) is 9.10. The van der Waals surface area contributed by atoms with E-state index < -0.39 is 0 Å². The van der Waals surface area contributed by atoms with E-state index in [-0.39, 0.29) is 24.1 Å². The van der Waals surface area contributed by atoms with Crippen LogP contribution in [0.25, 0.3) is 0 Å². The zero-order valence-electron chi connectivity index (χ0n) is 14.9. The van der Waals surface area contributed by atoms with Crippen molar-refractivity contribution in [3.8, 4) is 17.2 Å². The van der Waals surface area contributed by atoms with Crippen LogP contribution in [0, 0.1) is 6.92 Å². The Morgan fingerprint density at radius 2 is 2.08 bits per heavy atom. The van der Waals surface area contributed by atoms with Crippen LogP contribution in [0.4, 0.5) is 0 Å². The summed E-state index contributed by atoms with van der Waals surface area (Å²) in [6, 6.07) is 11.3. The lowest BCUT2D eigenvalue weighted by molar-refractivity contribution is -0.131. The first-order valence-electron chi connectivity index (χ1n) is 9.10. The molecule has 0 aliphatic carbocycles. The number of aromatic hydroxyl groups is 1. The molecule has 5 heteroatoms. The van der Waals surface area contributed by atoms with E-state index in [0.29, 0.717) is 13.2 Å². The van der Waals surface area contributed by atoms with Crippen LogP contribution >= 0.6 is 0 Å². The summed E-state index contributed by atoms with van der Waals surface area (Å²) in [6.45, 7) is 3.68. The highest BCUT2D eigenvalue weighted by Crippen LogP contribution is 2.42. The van der Waals surface area contributed by atoms with Crippen LogP contribution in [0.15, 0.2) is 36.4 Å². The lowest BCUT2D eigenvalue weighted by Gasteiger charge is -2.29. The smallest absolute Gasteiger partial charge is 0.227 e. The Kier molecular flexibility index (Phi) is 4.45. The Labute approximate surface area is 153 Å². The molecule has 1 N–H and O–H groups in total. The highest BCUT2D eigenvalue weighted by molar-refractivity contribution is 5.80. The molecule has 4 rings (SSSR count). The number of hydrogen-bond acceptors (Lipinski definition) is 4. The molecule has 26 heavy (non-hydrogen) atoms. The first-order chi connectivity index (χ1) is 12.6. The van der Waals surface area contributed by atoms with Crippen LogP contribution in [0.2, 0.25) is 0 Å². The van der Waals surface area contributed by atoms with Crippen molar-refractivity contribution in [1.82, 2.24) is 4.90 Å². The maximum Gasteiger partial charge on any atom is 0.227 e. The Morgan fingerprint density at radius 3 is 2.92 bits per heavy atom. The van der Waals surface area contributed by atoms with Crippen molar-refractivity contribution in [2.24, 2.45) is 0 Å². The van der Waals surface area contributed by atoms with Crippen LogP contribution in [0.1, 0.15) is 35.6 Å². The van der Waals surface area contributed by atoms with Gasteiger partial charge in [-0.3, -0.25) is 4.79 Å². The van der Waals surface area contributed by atoms with Gasteiger partial charge < -0.3 is 19.5 Å². The Morgan fingerprint density at radius 1 is 1.23 bits per heavy atom. The number of benzene rings is 2. The number of nitrogens with zero attached hydrogens (tertiary/aromatic N) is 1. The van der Waals surface area contributed by atoms with Crippen molar-refractivity contribution in [2.75, 3.05) is 19.8 Å². The van der Waals surface area contributed by atoms with Gasteiger partial charge in [-0.25, -0.2) is 0 Å². The van der Waals surface area contributed by atoms with E-state index >= 15 is 0 Å². The van der Waals surface area contributed by atoms with Crippen molar-refractivity contribution in [2.45, 2.75) is 32.2 Å². The average molecular weight is 353 g/mol. The summed E-state index contributed by atoms with van der Waals surface area (Å²) in [5.74, 6) is 1.84. The van der Waals surface area contributed by atoms with Crippen LogP contribution in [-0.4, -0.2) is 35.7 Å². The summed E-state index contributed by atoms with van der Waals surface area (Å²) in [4.78, 5) is 14.9. The molecule has 1 saturated heterocycles. The molecule has 0 saturated carbocycles. The second kappa shape index (κ2) is 6.90. The zero-order valence-corrected chi connectivity index (χ0v) is 14.9. The van der Waals surface area contributed by atoms with E-state index in [1.54, 1.807) is 6.07 Å². The SMILES string of the molecule is Cc1ccc(CC(=O)N2CCCC2c2cccc3c2OCCO3)cc1O. The molecule has 1 fully saturated rings. The van der Waals surface area contributed by atoms with Crippen molar-refractivity contribution >= 4 is 5.91 Å². The van der Waals surface area contributed by atoms with Gasteiger partial charge in [0.2, 0.25) is 5.91 Å². The minimum atomic E-state index is 0.0122. The maximum atomic E-state index is 12.9. The number of para-hydroxylation sites is 1. The third kappa shape index (κ3) is 3.09. The molecule has 2 aliphatic heterocycles. The van der Waals surface area contributed by atoms with Gasteiger partial charge >= 0.3 is 0 Å². The summed E-state index contributed by atoms with van der Waals surface area (Å²) in [7, 11) is 0. The molecule has 0 aromatic heterocycles. The molecule has 0 spiro atoms. The summed E-state index contributed by atoms with van der Waals surface area (Å²) in [6.07, 6.45) is 2.18. The predicted octanol–water partition coefficient (Wildman–Crippen LogP) is 3.38. The van der Waals surface area contributed by atoms with Crippen molar-refractivity contribution in [1.29, 1.82) is 0 Å². The Balaban J connectivity index is 1.57. The summed E-state index contributed by atoms with van der Waals surface area (Å²) >= 11 is 0. The lowest BCUT2D eigenvalue weighted by atomic mass is 10.0. The van der Waals surface area contributed by atoms with Gasteiger partial charge in [-0.2, -0.15) is 0 Å². The van der Waals surface area contributed by atoms with E-state index in [2.05, 4.69) is 0 Å². The number of phenols is 1. The number of phenolic OH excluding ortho intramolecular Hbond substituents is 1. The molecule has 5 nitrogen and oxygen atoms in total. The van der Waals surface area contributed by atoms with Crippen molar-refractivity contribution in [3.63, 3.8) is 0 Å². The van der Waals surface area contributed by atoms with Gasteiger partial charge in [-0.15, -0.1) is 0 Å². The van der Waals surface area contributed by atoms with Crippen LogP contribution in [-0.2, 0) is 11.2 Å². The normalized spacial score (nSPS) is 18.8. The molecule has 136 valence electrons. The quantitative estimate of drug-likeness (QED) is 0.919. The molecule has 1 unspecified atom stereocenters. The Bertz CT molecular complexity index is 833. The number of carbonyl (C=O) groups excluding carboxylic acids is 1. The molecule has 1 amide bonds. The molecule has 2 aliphatic rings. The molecule has 0 bridgehead atoms. The second-order valence-electron chi connectivity index (χ2n) is 6.91. The van der Waals surface area contributed by atoms with E-state index in [1.807, 2.05) is 42.2 Å². The average Bonchev–Trinajstić information content (AvgIpc) is 3.14. The van der Waals surface area contributed by atoms with Crippen LogP contribution in [0.5, 0.6) is 17.2 Å². The fourth-order valence-corrected chi connectivity index (χ4v) is 3.79. The number of fused-ring (bicyclic) bond motifs is 1. The van der Waals surface area contributed by atoms with Crippen LogP contribution < -0.4 is 9.47 Å². The molecular weight excluding hydrogens is 330 g/mol. The monoisotopic (exact) mass is 353 g/mol. The third-order valence-electron chi connectivity index (χ3n) is 5.16. The Hall–Kier alpha value is -2.69. The van der Waals surface area contributed by atoms with Gasteiger partial charge in [0.05, 0.1) is 12.5 Å². The number of ether oxygens (including phenoxy) is 2. The minimum Gasteiger partial charge on any atom is -0.508 e. The fourth-order valence-electron chi connectivity index (χ4n) is 3.79. The molecule has 1 atom stereocenters. The molecule has 2 heterocycles. The lowest BCUT2D eigenvalue weighted by Crippen LogP contribution is -2.32. The second-order valence-corrected chi connectivity index (χ2v) is 6.91. The molecule has 0 radical (unpaired) electrons. The van der Waals surface area contributed by atoms with Crippen molar-refractivity contribution < 1.29 is 19.4 Å². The molecule has 2 aromatic carbocycles. The summed E-state index contributed by atoms with van der Waals surface area (Å²) < 4.78 is 11.5. The van der Waals surface area contributed by atoms with Gasteiger partial charge in [0.25, 0.3) is 0 Å². The van der Waals surface area contributed by atoms with Gasteiger partial charge in [-0.1, -0.05) is 24.3 Å². The summed E-state index contributed by atoms with van der Waals surface area (Å²) in [5.41, 5.74) is 2.67. The topological polar surface area (TPSA) is 59.0 Å². The highest BCUT2D eigenvalue weighted by atomic mass is 16.6. The van der Waals surface area contributed by atoms with E-state index in [4.69, 9.17) is 9.47 Å². The number of aryl methyl sites for hydroxylation is 1. The van der Waals surface area contributed by atoms with Crippen LogP contribution in [0.3, 0.4) is 0 Å². The van der Waals surface area contributed by atoms with Gasteiger partial charge in [0.15, 0.2) is 11.5 Å². The number of amides is 1.